The minimum absolute atomic E-state index is 0.321. The lowest BCUT2D eigenvalue weighted by atomic mass is 9.97. The van der Waals surface area contributed by atoms with Crippen molar-refractivity contribution in [3.8, 4) is 0 Å². The molecule has 0 N–H and O–H groups in total. The van der Waals surface area contributed by atoms with Crippen molar-refractivity contribution in [3.05, 3.63) is 76.1 Å². The van der Waals surface area contributed by atoms with Gasteiger partial charge in [0.25, 0.3) is 0 Å². The molecule has 1 heterocycles. The Morgan fingerprint density at radius 2 is 1.83 bits per heavy atom. The molecule has 0 aromatic heterocycles. The first-order chi connectivity index (χ1) is 11.3. The monoisotopic (exact) mass is 343 g/mol. The third-order valence-electron chi connectivity index (χ3n) is 3.57. The maximum Gasteiger partial charge on any atom is 0.169 e. The number of aliphatic imine (C=N–C) groups is 1. The Morgan fingerprint density at radius 1 is 1.08 bits per heavy atom. The first-order valence-corrected chi connectivity index (χ1v) is 8.20. The maximum atomic E-state index is 14.4. The van der Waals surface area contributed by atoms with E-state index in [1.807, 2.05) is 51.1 Å². The Balaban J connectivity index is 2.17. The Bertz CT molecular complexity index is 821. The summed E-state index contributed by atoms with van der Waals surface area (Å²) in [6.07, 6.45) is 3.33. The topological polar surface area (TPSA) is 21.6 Å². The molecule has 0 radical (unpaired) electrons. The average molecular weight is 344 g/mol. The number of benzene rings is 2. The second kappa shape index (κ2) is 6.50. The highest BCUT2D eigenvalue weighted by Gasteiger charge is 2.22. The van der Waals surface area contributed by atoms with Gasteiger partial charge in [-0.3, -0.25) is 0 Å². The molecule has 0 saturated carbocycles. The zero-order valence-electron chi connectivity index (χ0n) is 13.9. The highest BCUT2D eigenvalue weighted by atomic mass is 35.5. The van der Waals surface area contributed by atoms with Crippen molar-refractivity contribution in [2.24, 2.45) is 4.99 Å². The second-order valence-corrected chi connectivity index (χ2v) is 7.11. The second-order valence-electron chi connectivity index (χ2n) is 6.67. The molecule has 0 amide bonds. The summed E-state index contributed by atoms with van der Waals surface area (Å²) in [5.41, 5.74) is 2.34. The van der Waals surface area contributed by atoms with Crippen LogP contribution in [0, 0.1) is 5.82 Å². The van der Waals surface area contributed by atoms with Gasteiger partial charge in [-0.05, 0) is 56.7 Å². The van der Waals surface area contributed by atoms with Crippen molar-refractivity contribution in [2.75, 3.05) is 0 Å². The molecule has 1 atom stereocenters. The van der Waals surface area contributed by atoms with Gasteiger partial charge >= 0.3 is 0 Å². The lowest BCUT2D eigenvalue weighted by Gasteiger charge is -2.23. The molecule has 0 aliphatic carbocycles. The third-order valence-corrected chi connectivity index (χ3v) is 3.81. The van der Waals surface area contributed by atoms with Gasteiger partial charge in [0.2, 0.25) is 0 Å². The Labute approximate surface area is 146 Å². The van der Waals surface area contributed by atoms with Crippen molar-refractivity contribution in [3.63, 3.8) is 0 Å². The summed E-state index contributed by atoms with van der Waals surface area (Å²) in [7, 11) is 0. The summed E-state index contributed by atoms with van der Waals surface area (Å²) in [6, 6.07) is 12.1. The van der Waals surface area contributed by atoms with Gasteiger partial charge in [0.15, 0.2) is 6.23 Å². The normalized spacial score (nSPS) is 17.2. The summed E-state index contributed by atoms with van der Waals surface area (Å²) in [5.74, 6) is -0.321. The molecule has 0 spiro atoms. The number of hydrogen-bond donors (Lipinski definition) is 0. The molecule has 0 saturated heterocycles. The Hall–Kier alpha value is -1.97. The molecule has 0 bridgehead atoms. The van der Waals surface area contributed by atoms with Crippen LogP contribution in [0.15, 0.2) is 53.5 Å². The van der Waals surface area contributed by atoms with E-state index in [-0.39, 0.29) is 11.4 Å². The van der Waals surface area contributed by atoms with Crippen molar-refractivity contribution >= 4 is 23.4 Å². The van der Waals surface area contributed by atoms with E-state index in [2.05, 4.69) is 4.99 Å². The standard InChI is InChI=1S/C20H19ClFNO/c1-20(2,3)24-18-11-9-13-8-10-14(21)12-16(13)19(23-18)15-6-4-5-7-17(15)22/h4-12,18H,1-3H3. The fourth-order valence-corrected chi connectivity index (χ4v) is 2.77. The molecule has 2 aromatic rings. The van der Waals surface area contributed by atoms with Crippen LogP contribution in [0.5, 0.6) is 0 Å². The van der Waals surface area contributed by atoms with E-state index < -0.39 is 6.23 Å². The van der Waals surface area contributed by atoms with Crippen LogP contribution >= 0.6 is 11.6 Å². The van der Waals surface area contributed by atoms with Gasteiger partial charge in [0.05, 0.1) is 11.3 Å². The predicted molar refractivity (Wildman–Crippen MR) is 97.2 cm³/mol. The van der Waals surface area contributed by atoms with Gasteiger partial charge in [-0.15, -0.1) is 0 Å². The summed E-state index contributed by atoms with van der Waals surface area (Å²) in [4.78, 5) is 4.68. The quantitative estimate of drug-likeness (QED) is 0.707. The summed E-state index contributed by atoms with van der Waals surface area (Å²) in [6.45, 7) is 5.90. The number of ether oxygens (including phenoxy) is 1. The van der Waals surface area contributed by atoms with Gasteiger partial charge in [-0.25, -0.2) is 9.38 Å². The van der Waals surface area contributed by atoms with Crippen LogP contribution in [-0.2, 0) is 4.74 Å². The lowest BCUT2D eigenvalue weighted by molar-refractivity contribution is -0.0334. The minimum atomic E-state index is -0.495. The van der Waals surface area contributed by atoms with E-state index in [0.29, 0.717) is 16.3 Å². The van der Waals surface area contributed by atoms with Crippen LogP contribution in [-0.4, -0.2) is 17.5 Å². The molecule has 124 valence electrons. The van der Waals surface area contributed by atoms with E-state index in [9.17, 15) is 4.39 Å². The average Bonchev–Trinajstić information content (AvgIpc) is 2.66. The first kappa shape index (κ1) is 16.9. The van der Waals surface area contributed by atoms with Crippen LogP contribution in [0.25, 0.3) is 6.08 Å². The number of fused-ring (bicyclic) bond motifs is 1. The molecule has 3 rings (SSSR count). The molecule has 24 heavy (non-hydrogen) atoms. The summed E-state index contributed by atoms with van der Waals surface area (Å²) in [5, 5.41) is 0.585. The summed E-state index contributed by atoms with van der Waals surface area (Å²) < 4.78 is 20.4. The number of hydrogen-bond acceptors (Lipinski definition) is 2. The molecule has 2 nitrogen and oxygen atoms in total. The number of halogens is 2. The molecule has 1 aliphatic heterocycles. The minimum Gasteiger partial charge on any atom is -0.347 e. The van der Waals surface area contributed by atoms with Crippen molar-refractivity contribution in [1.82, 2.24) is 0 Å². The van der Waals surface area contributed by atoms with Crippen molar-refractivity contribution in [1.29, 1.82) is 0 Å². The van der Waals surface area contributed by atoms with Crippen molar-refractivity contribution < 1.29 is 9.13 Å². The van der Waals surface area contributed by atoms with Crippen LogP contribution in [0.4, 0.5) is 4.39 Å². The zero-order valence-corrected chi connectivity index (χ0v) is 14.6. The van der Waals surface area contributed by atoms with Gasteiger partial charge in [-0.2, -0.15) is 0 Å². The van der Waals surface area contributed by atoms with E-state index in [4.69, 9.17) is 16.3 Å². The van der Waals surface area contributed by atoms with Crippen molar-refractivity contribution in [2.45, 2.75) is 32.6 Å². The van der Waals surface area contributed by atoms with Crippen LogP contribution < -0.4 is 0 Å². The molecule has 1 unspecified atom stereocenters. The van der Waals surface area contributed by atoms with Gasteiger partial charge in [-0.1, -0.05) is 35.9 Å². The molecular formula is C20H19ClFNO. The van der Waals surface area contributed by atoms with E-state index >= 15 is 0 Å². The Morgan fingerprint density at radius 3 is 2.54 bits per heavy atom. The third kappa shape index (κ3) is 3.74. The van der Waals surface area contributed by atoms with Crippen LogP contribution in [0.2, 0.25) is 5.02 Å². The number of rotatable bonds is 2. The van der Waals surface area contributed by atoms with Crippen LogP contribution in [0.1, 0.15) is 37.5 Å². The first-order valence-electron chi connectivity index (χ1n) is 7.82. The largest absolute Gasteiger partial charge is 0.347 e. The number of nitrogens with zero attached hydrogens (tertiary/aromatic N) is 1. The molecule has 2 aromatic carbocycles. The maximum absolute atomic E-state index is 14.4. The highest BCUT2D eigenvalue weighted by molar-refractivity contribution is 6.31. The Kier molecular flexibility index (Phi) is 4.57. The summed E-state index contributed by atoms with van der Waals surface area (Å²) >= 11 is 6.16. The fourth-order valence-electron chi connectivity index (χ4n) is 2.60. The molecule has 1 aliphatic rings. The van der Waals surface area contributed by atoms with E-state index in [0.717, 1.165) is 11.1 Å². The molecular weight excluding hydrogens is 325 g/mol. The SMILES string of the molecule is CC(C)(C)OC1C=Cc2ccc(Cl)cc2C(c2ccccc2F)=N1. The highest BCUT2D eigenvalue weighted by Crippen LogP contribution is 2.27. The van der Waals surface area contributed by atoms with E-state index in [1.165, 1.54) is 6.07 Å². The fraction of sp³-hybridized carbons (Fsp3) is 0.250. The van der Waals surface area contributed by atoms with Gasteiger partial charge in [0.1, 0.15) is 5.82 Å². The van der Waals surface area contributed by atoms with Crippen LogP contribution in [0.3, 0.4) is 0 Å². The van der Waals surface area contributed by atoms with Gasteiger partial charge < -0.3 is 4.74 Å². The zero-order chi connectivity index (χ0) is 17.3. The predicted octanol–water partition coefficient (Wildman–Crippen LogP) is 5.48. The van der Waals surface area contributed by atoms with Gasteiger partial charge in [0, 0.05) is 16.1 Å². The van der Waals surface area contributed by atoms with E-state index in [1.54, 1.807) is 18.2 Å². The molecule has 4 heteroatoms. The smallest absolute Gasteiger partial charge is 0.169 e. The molecule has 0 fully saturated rings. The lowest BCUT2D eigenvalue weighted by Crippen LogP contribution is -2.25.